The van der Waals surface area contributed by atoms with Gasteiger partial charge in [0.1, 0.15) is 17.5 Å². The van der Waals surface area contributed by atoms with E-state index in [1.165, 1.54) is 12.1 Å². The van der Waals surface area contributed by atoms with Crippen LogP contribution in [0.5, 0.6) is 0 Å². The molecule has 0 atom stereocenters. The molecule has 124 valence electrons. The number of nitrogens with two attached hydrogens (primary N) is 1. The highest BCUT2D eigenvalue weighted by molar-refractivity contribution is 6.10. The molecule has 0 amide bonds. The van der Waals surface area contributed by atoms with Crippen LogP contribution in [-0.2, 0) is 6.54 Å². The molecule has 0 spiro atoms. The molecular weight excluding hydrogens is 320 g/mol. The molecule has 0 saturated carbocycles. The van der Waals surface area contributed by atoms with E-state index in [4.69, 9.17) is 11.1 Å². The lowest BCUT2D eigenvalue weighted by Gasteiger charge is -2.08. The number of benzene rings is 3. The number of halogens is 2. The zero-order chi connectivity index (χ0) is 17.6. The summed E-state index contributed by atoms with van der Waals surface area (Å²) in [5.74, 6) is -1.17. The Hall–Kier alpha value is -3.21. The summed E-state index contributed by atoms with van der Waals surface area (Å²) in [6, 6.07) is 16.9. The van der Waals surface area contributed by atoms with Gasteiger partial charge >= 0.3 is 0 Å². The third-order valence-electron chi connectivity index (χ3n) is 4.35. The molecule has 0 aliphatic carbocycles. The lowest BCUT2D eigenvalue weighted by molar-refractivity contribution is 0.578. The molecule has 1 aromatic heterocycles. The molecule has 5 heteroatoms. The van der Waals surface area contributed by atoms with E-state index < -0.39 is 11.6 Å². The van der Waals surface area contributed by atoms with Gasteiger partial charge in [-0.25, -0.2) is 8.78 Å². The van der Waals surface area contributed by atoms with Gasteiger partial charge in [-0.2, -0.15) is 0 Å². The van der Waals surface area contributed by atoms with Crippen LogP contribution in [0.15, 0.2) is 60.7 Å². The minimum absolute atomic E-state index is 0.00549. The van der Waals surface area contributed by atoms with Crippen molar-refractivity contribution >= 4 is 27.6 Å². The highest BCUT2D eigenvalue weighted by Crippen LogP contribution is 2.30. The van der Waals surface area contributed by atoms with Crippen LogP contribution in [0.2, 0.25) is 0 Å². The first-order valence-corrected chi connectivity index (χ1v) is 7.83. The Morgan fingerprint density at radius 1 is 0.880 bits per heavy atom. The summed E-state index contributed by atoms with van der Waals surface area (Å²) in [6.45, 7) is 0.345. The molecule has 4 rings (SSSR count). The summed E-state index contributed by atoms with van der Waals surface area (Å²) >= 11 is 0. The van der Waals surface area contributed by atoms with Crippen LogP contribution in [0, 0.1) is 17.0 Å². The van der Waals surface area contributed by atoms with Gasteiger partial charge in [0, 0.05) is 40.0 Å². The van der Waals surface area contributed by atoms with Gasteiger partial charge in [-0.05, 0) is 42.0 Å². The standard InChI is InChI=1S/C20H15F2N3/c21-14-7-12(8-15(22)10-14)11-25-18-4-2-1-3-16(18)17-9-13(20(23)24)5-6-19(17)25/h1-10H,11H2,(H3,23,24). The number of hydrogen-bond donors (Lipinski definition) is 2. The summed E-state index contributed by atoms with van der Waals surface area (Å²) in [5.41, 5.74) is 8.69. The number of nitrogen functional groups attached to an aromatic ring is 1. The average Bonchev–Trinajstić information content (AvgIpc) is 2.88. The molecule has 3 N–H and O–H groups in total. The Balaban J connectivity index is 1.96. The molecule has 0 aliphatic rings. The van der Waals surface area contributed by atoms with Gasteiger partial charge < -0.3 is 10.3 Å². The lowest BCUT2D eigenvalue weighted by atomic mass is 10.1. The molecular formula is C20H15F2N3. The maximum atomic E-state index is 13.5. The third-order valence-corrected chi connectivity index (χ3v) is 4.35. The summed E-state index contributed by atoms with van der Waals surface area (Å²) in [7, 11) is 0. The molecule has 0 fully saturated rings. The van der Waals surface area contributed by atoms with E-state index in [0.717, 1.165) is 27.9 Å². The van der Waals surface area contributed by atoms with Gasteiger partial charge in [0.05, 0.1) is 0 Å². The average molecular weight is 335 g/mol. The largest absolute Gasteiger partial charge is 0.384 e. The Kier molecular flexibility index (Phi) is 3.50. The van der Waals surface area contributed by atoms with Crippen molar-refractivity contribution in [1.29, 1.82) is 5.41 Å². The minimum Gasteiger partial charge on any atom is -0.384 e. The molecule has 0 radical (unpaired) electrons. The second-order valence-corrected chi connectivity index (χ2v) is 6.03. The molecule has 0 saturated heterocycles. The van der Waals surface area contributed by atoms with E-state index in [1.807, 2.05) is 41.0 Å². The van der Waals surface area contributed by atoms with Crippen molar-refractivity contribution in [2.75, 3.05) is 0 Å². The third kappa shape index (κ3) is 2.63. The predicted octanol–water partition coefficient (Wildman–Crippen LogP) is 4.41. The van der Waals surface area contributed by atoms with Crippen molar-refractivity contribution in [1.82, 2.24) is 4.57 Å². The van der Waals surface area contributed by atoms with Gasteiger partial charge in [-0.1, -0.05) is 18.2 Å². The zero-order valence-electron chi connectivity index (χ0n) is 13.3. The van der Waals surface area contributed by atoms with E-state index in [1.54, 1.807) is 6.07 Å². The number of amidine groups is 1. The van der Waals surface area contributed by atoms with Crippen molar-refractivity contribution in [2.45, 2.75) is 6.54 Å². The molecule has 4 aromatic rings. The van der Waals surface area contributed by atoms with Crippen molar-refractivity contribution in [3.8, 4) is 0 Å². The van der Waals surface area contributed by atoms with Crippen LogP contribution in [0.25, 0.3) is 21.8 Å². The number of nitrogens with zero attached hydrogens (tertiary/aromatic N) is 1. The normalized spacial score (nSPS) is 11.3. The monoisotopic (exact) mass is 335 g/mol. The first-order chi connectivity index (χ1) is 12.0. The molecule has 25 heavy (non-hydrogen) atoms. The van der Waals surface area contributed by atoms with E-state index in [0.29, 0.717) is 17.7 Å². The minimum atomic E-state index is -0.588. The molecule has 0 unspecified atom stereocenters. The van der Waals surface area contributed by atoms with Crippen LogP contribution in [0.1, 0.15) is 11.1 Å². The van der Waals surface area contributed by atoms with Crippen molar-refractivity contribution in [3.63, 3.8) is 0 Å². The Labute approximate surface area is 142 Å². The van der Waals surface area contributed by atoms with E-state index in [-0.39, 0.29) is 5.84 Å². The van der Waals surface area contributed by atoms with Crippen LogP contribution in [0.4, 0.5) is 8.78 Å². The second kappa shape index (κ2) is 5.70. The van der Waals surface area contributed by atoms with Gasteiger partial charge in [0.2, 0.25) is 0 Å². The fourth-order valence-corrected chi connectivity index (χ4v) is 3.28. The summed E-state index contributed by atoms with van der Waals surface area (Å²) in [5, 5.41) is 9.61. The van der Waals surface area contributed by atoms with Crippen LogP contribution in [0.3, 0.4) is 0 Å². The molecule has 3 nitrogen and oxygen atoms in total. The van der Waals surface area contributed by atoms with Crippen LogP contribution >= 0.6 is 0 Å². The van der Waals surface area contributed by atoms with E-state index in [2.05, 4.69) is 0 Å². The van der Waals surface area contributed by atoms with Gasteiger partial charge in [0.15, 0.2) is 0 Å². The zero-order valence-corrected chi connectivity index (χ0v) is 13.3. The highest BCUT2D eigenvalue weighted by atomic mass is 19.1. The number of nitrogens with one attached hydrogen (secondary N) is 1. The quantitative estimate of drug-likeness (QED) is 0.423. The van der Waals surface area contributed by atoms with Crippen molar-refractivity contribution in [2.24, 2.45) is 5.73 Å². The summed E-state index contributed by atoms with van der Waals surface area (Å²) in [4.78, 5) is 0. The number of hydrogen-bond acceptors (Lipinski definition) is 1. The van der Waals surface area contributed by atoms with Crippen molar-refractivity contribution < 1.29 is 8.78 Å². The maximum Gasteiger partial charge on any atom is 0.126 e. The van der Waals surface area contributed by atoms with Gasteiger partial charge in [-0.15, -0.1) is 0 Å². The first kappa shape index (κ1) is 15.3. The molecule has 0 aliphatic heterocycles. The van der Waals surface area contributed by atoms with Crippen LogP contribution in [-0.4, -0.2) is 10.4 Å². The SMILES string of the molecule is N=C(N)c1ccc2c(c1)c1ccccc1n2Cc1cc(F)cc(F)c1. The predicted molar refractivity (Wildman–Crippen MR) is 95.9 cm³/mol. The van der Waals surface area contributed by atoms with E-state index in [9.17, 15) is 8.78 Å². The fraction of sp³-hybridized carbons (Fsp3) is 0.0500. The smallest absolute Gasteiger partial charge is 0.126 e. The Morgan fingerprint density at radius 3 is 2.28 bits per heavy atom. The molecule has 3 aromatic carbocycles. The number of para-hydroxylation sites is 1. The Morgan fingerprint density at radius 2 is 1.56 bits per heavy atom. The Bertz CT molecular complexity index is 1110. The number of rotatable bonds is 3. The van der Waals surface area contributed by atoms with Crippen molar-refractivity contribution in [3.05, 3.63) is 83.4 Å². The molecule has 0 bridgehead atoms. The fourth-order valence-electron chi connectivity index (χ4n) is 3.28. The number of fused-ring (bicyclic) bond motifs is 3. The maximum absolute atomic E-state index is 13.5. The summed E-state index contributed by atoms with van der Waals surface area (Å²) < 4.78 is 29.1. The van der Waals surface area contributed by atoms with Gasteiger partial charge in [-0.3, -0.25) is 5.41 Å². The second-order valence-electron chi connectivity index (χ2n) is 6.03. The first-order valence-electron chi connectivity index (χ1n) is 7.83. The highest BCUT2D eigenvalue weighted by Gasteiger charge is 2.12. The number of aromatic nitrogens is 1. The molecule has 1 heterocycles. The van der Waals surface area contributed by atoms with E-state index >= 15 is 0 Å². The lowest BCUT2D eigenvalue weighted by Crippen LogP contribution is -2.10. The van der Waals surface area contributed by atoms with Crippen LogP contribution < -0.4 is 5.73 Å². The van der Waals surface area contributed by atoms with Gasteiger partial charge in [0.25, 0.3) is 0 Å². The summed E-state index contributed by atoms with van der Waals surface area (Å²) in [6.07, 6.45) is 0. The topological polar surface area (TPSA) is 54.8 Å².